The Balaban J connectivity index is 1.81. The van der Waals surface area contributed by atoms with Crippen LogP contribution in [0.1, 0.15) is 11.8 Å². The lowest BCUT2D eigenvalue weighted by Gasteiger charge is -2.22. The summed E-state index contributed by atoms with van der Waals surface area (Å²) >= 11 is 0. The Hall–Kier alpha value is -2.50. The number of nitrogens with one attached hydrogen (secondary N) is 1. The van der Waals surface area contributed by atoms with Gasteiger partial charge in [-0.3, -0.25) is 0 Å². The van der Waals surface area contributed by atoms with Gasteiger partial charge in [-0.2, -0.15) is 0 Å². The molecule has 0 amide bonds. The summed E-state index contributed by atoms with van der Waals surface area (Å²) in [5, 5.41) is 0. The van der Waals surface area contributed by atoms with Gasteiger partial charge < -0.3 is 20.2 Å². The monoisotopic (exact) mass is 258 g/mol. The number of aliphatic imine (C=N–C) groups is 1. The van der Waals surface area contributed by atoms with Crippen LogP contribution in [0.5, 0.6) is 5.75 Å². The fraction of sp³-hybridized carbons (Fsp3) is 0.231. The lowest BCUT2D eigenvalue weighted by atomic mass is 10.1. The summed E-state index contributed by atoms with van der Waals surface area (Å²) in [4.78, 5) is 11.1. The van der Waals surface area contributed by atoms with Gasteiger partial charge in [0.05, 0.1) is 24.8 Å². The number of ether oxygens (including phenoxy) is 2. The molecule has 1 aliphatic heterocycles. The van der Waals surface area contributed by atoms with Crippen molar-refractivity contribution in [3.05, 3.63) is 48.5 Å². The SMILES string of the molecule is NC1=NCC(C(Oc2ccccc2)c2cnc[nH]2)O1. The van der Waals surface area contributed by atoms with Gasteiger partial charge in [-0.05, 0) is 12.1 Å². The molecular weight excluding hydrogens is 244 g/mol. The lowest BCUT2D eigenvalue weighted by Crippen LogP contribution is -2.29. The molecule has 1 aromatic heterocycles. The van der Waals surface area contributed by atoms with E-state index in [4.69, 9.17) is 15.2 Å². The van der Waals surface area contributed by atoms with Gasteiger partial charge in [-0.1, -0.05) is 18.2 Å². The van der Waals surface area contributed by atoms with E-state index in [9.17, 15) is 0 Å². The quantitative estimate of drug-likeness (QED) is 0.864. The molecule has 6 nitrogen and oxygen atoms in total. The van der Waals surface area contributed by atoms with Crippen molar-refractivity contribution in [1.29, 1.82) is 0 Å². The standard InChI is InChI=1S/C13H14N4O2/c14-13-16-7-11(19-13)12(10-6-15-8-17-10)18-9-4-2-1-3-5-9/h1-6,8,11-12H,7H2,(H2,14,16)(H,15,17). The van der Waals surface area contributed by atoms with Gasteiger partial charge in [0.25, 0.3) is 6.02 Å². The van der Waals surface area contributed by atoms with Gasteiger partial charge in [0.1, 0.15) is 5.75 Å². The molecule has 1 aliphatic rings. The zero-order chi connectivity index (χ0) is 13.1. The number of hydrogen-bond donors (Lipinski definition) is 2. The van der Waals surface area contributed by atoms with Crippen LogP contribution in [0.15, 0.2) is 47.8 Å². The Labute approximate surface area is 110 Å². The molecule has 1 aromatic carbocycles. The summed E-state index contributed by atoms with van der Waals surface area (Å²) in [5.41, 5.74) is 6.39. The summed E-state index contributed by atoms with van der Waals surface area (Å²) in [5.74, 6) is 0.760. The summed E-state index contributed by atoms with van der Waals surface area (Å²) in [6.45, 7) is 0.475. The van der Waals surface area contributed by atoms with Crippen LogP contribution in [0.3, 0.4) is 0 Å². The largest absolute Gasteiger partial charge is 0.480 e. The van der Waals surface area contributed by atoms with E-state index in [1.807, 2.05) is 30.3 Å². The van der Waals surface area contributed by atoms with Gasteiger partial charge >= 0.3 is 0 Å². The second kappa shape index (κ2) is 5.01. The number of amidine groups is 1. The molecule has 0 bridgehead atoms. The first-order chi connectivity index (χ1) is 9.33. The maximum atomic E-state index is 5.97. The van der Waals surface area contributed by atoms with Crippen LogP contribution in [-0.4, -0.2) is 28.6 Å². The molecule has 0 saturated heterocycles. The first kappa shape index (κ1) is 11.6. The first-order valence-corrected chi connectivity index (χ1v) is 5.99. The normalized spacial score (nSPS) is 19.6. The van der Waals surface area contributed by atoms with Crippen LogP contribution in [0.4, 0.5) is 0 Å². The minimum atomic E-state index is -0.324. The first-order valence-electron chi connectivity index (χ1n) is 5.99. The molecule has 3 N–H and O–H groups in total. The minimum absolute atomic E-state index is 0.200. The van der Waals surface area contributed by atoms with Crippen molar-refractivity contribution in [2.75, 3.05) is 6.54 Å². The number of nitrogens with zero attached hydrogens (tertiary/aromatic N) is 2. The minimum Gasteiger partial charge on any atom is -0.480 e. The number of H-pyrrole nitrogens is 1. The molecule has 2 atom stereocenters. The number of imidazole rings is 1. The van der Waals surface area contributed by atoms with E-state index < -0.39 is 0 Å². The highest BCUT2D eigenvalue weighted by atomic mass is 16.6. The number of para-hydroxylation sites is 1. The van der Waals surface area contributed by atoms with Gasteiger partial charge in [0, 0.05) is 0 Å². The van der Waals surface area contributed by atoms with Crippen LogP contribution < -0.4 is 10.5 Å². The van der Waals surface area contributed by atoms with Crippen molar-refractivity contribution >= 4 is 6.02 Å². The Bertz CT molecular complexity index is 553. The van der Waals surface area contributed by atoms with E-state index in [-0.39, 0.29) is 18.2 Å². The molecule has 0 fully saturated rings. The fourth-order valence-corrected chi connectivity index (χ4v) is 1.97. The zero-order valence-corrected chi connectivity index (χ0v) is 10.2. The molecular formula is C13H14N4O2. The van der Waals surface area contributed by atoms with E-state index >= 15 is 0 Å². The van der Waals surface area contributed by atoms with Crippen molar-refractivity contribution < 1.29 is 9.47 Å². The van der Waals surface area contributed by atoms with Crippen molar-refractivity contribution in [1.82, 2.24) is 9.97 Å². The van der Waals surface area contributed by atoms with Crippen LogP contribution in [-0.2, 0) is 4.74 Å². The van der Waals surface area contributed by atoms with Crippen LogP contribution in [0, 0.1) is 0 Å². The predicted molar refractivity (Wildman–Crippen MR) is 69.8 cm³/mol. The maximum absolute atomic E-state index is 5.97. The highest BCUT2D eigenvalue weighted by Crippen LogP contribution is 2.26. The molecule has 0 saturated carbocycles. The highest BCUT2D eigenvalue weighted by molar-refractivity contribution is 5.73. The molecule has 2 unspecified atom stereocenters. The third kappa shape index (κ3) is 2.52. The van der Waals surface area contributed by atoms with Gasteiger partial charge in [-0.15, -0.1) is 0 Å². The second-order valence-corrected chi connectivity index (χ2v) is 4.19. The lowest BCUT2D eigenvalue weighted by molar-refractivity contribution is 0.0606. The van der Waals surface area contributed by atoms with E-state index in [1.165, 1.54) is 0 Å². The highest BCUT2D eigenvalue weighted by Gasteiger charge is 2.32. The topological polar surface area (TPSA) is 85.5 Å². The van der Waals surface area contributed by atoms with Crippen molar-refractivity contribution in [3.8, 4) is 5.75 Å². The second-order valence-electron chi connectivity index (χ2n) is 4.19. The van der Waals surface area contributed by atoms with E-state index in [0.29, 0.717) is 6.54 Å². The van der Waals surface area contributed by atoms with E-state index in [2.05, 4.69) is 15.0 Å². The smallest absolute Gasteiger partial charge is 0.282 e. The summed E-state index contributed by atoms with van der Waals surface area (Å²) in [6, 6.07) is 9.75. The van der Waals surface area contributed by atoms with Crippen LogP contribution in [0.25, 0.3) is 0 Å². The zero-order valence-electron chi connectivity index (χ0n) is 10.2. The number of benzene rings is 1. The summed E-state index contributed by atoms with van der Waals surface area (Å²) in [7, 11) is 0. The van der Waals surface area contributed by atoms with Gasteiger partial charge in [-0.25, -0.2) is 9.98 Å². The molecule has 19 heavy (non-hydrogen) atoms. The fourth-order valence-electron chi connectivity index (χ4n) is 1.97. The van der Waals surface area contributed by atoms with Crippen molar-refractivity contribution in [2.24, 2.45) is 10.7 Å². The van der Waals surface area contributed by atoms with Crippen LogP contribution >= 0.6 is 0 Å². The Morgan fingerprint density at radius 1 is 1.37 bits per heavy atom. The molecule has 2 heterocycles. The van der Waals surface area contributed by atoms with Gasteiger partial charge in [0.2, 0.25) is 0 Å². The molecule has 6 heteroatoms. The number of hydrogen-bond acceptors (Lipinski definition) is 5. The predicted octanol–water partition coefficient (Wildman–Crippen LogP) is 1.24. The number of aromatic amines is 1. The average molecular weight is 258 g/mol. The third-order valence-corrected chi connectivity index (χ3v) is 2.87. The maximum Gasteiger partial charge on any atom is 0.282 e. The van der Waals surface area contributed by atoms with E-state index in [1.54, 1.807) is 12.5 Å². The molecule has 3 rings (SSSR count). The molecule has 0 radical (unpaired) electrons. The van der Waals surface area contributed by atoms with E-state index in [0.717, 1.165) is 11.4 Å². The Kier molecular flexibility index (Phi) is 3.06. The summed E-state index contributed by atoms with van der Waals surface area (Å²) < 4.78 is 11.4. The number of nitrogens with two attached hydrogens (primary N) is 1. The number of aromatic nitrogens is 2. The molecule has 0 aliphatic carbocycles. The summed E-state index contributed by atoms with van der Waals surface area (Å²) in [6.07, 6.45) is 2.75. The number of rotatable bonds is 4. The van der Waals surface area contributed by atoms with Crippen LogP contribution in [0.2, 0.25) is 0 Å². The molecule has 0 spiro atoms. The van der Waals surface area contributed by atoms with Crippen molar-refractivity contribution in [3.63, 3.8) is 0 Å². The molecule has 98 valence electrons. The van der Waals surface area contributed by atoms with Gasteiger partial charge in [0.15, 0.2) is 12.2 Å². The molecule has 2 aromatic rings. The van der Waals surface area contributed by atoms with Crippen molar-refractivity contribution in [2.45, 2.75) is 12.2 Å². The Morgan fingerprint density at radius 3 is 2.84 bits per heavy atom. The average Bonchev–Trinajstić information content (AvgIpc) is 3.09. The third-order valence-electron chi connectivity index (χ3n) is 2.87. The Morgan fingerprint density at radius 2 is 2.21 bits per heavy atom.